The van der Waals surface area contributed by atoms with Crippen molar-refractivity contribution in [3.8, 4) is 12.3 Å². The van der Waals surface area contributed by atoms with Crippen molar-refractivity contribution in [2.75, 3.05) is 32.9 Å². The summed E-state index contributed by atoms with van der Waals surface area (Å²) in [5.41, 5.74) is 0.0127. The van der Waals surface area contributed by atoms with Crippen LogP contribution in [0.3, 0.4) is 0 Å². The van der Waals surface area contributed by atoms with Gasteiger partial charge in [-0.05, 0) is 18.3 Å². The average Bonchev–Trinajstić information content (AvgIpc) is 2.41. The molecule has 1 amide bonds. The third-order valence-electron chi connectivity index (χ3n) is 3.88. The van der Waals surface area contributed by atoms with Gasteiger partial charge in [0.15, 0.2) is 0 Å². The van der Waals surface area contributed by atoms with Crippen molar-refractivity contribution in [3.63, 3.8) is 0 Å². The largest absolute Gasteiger partial charge is 0.465 e. The second-order valence-electron chi connectivity index (χ2n) is 6.51. The third-order valence-corrected chi connectivity index (χ3v) is 3.88. The fourth-order valence-corrected chi connectivity index (χ4v) is 2.66. The van der Waals surface area contributed by atoms with E-state index < -0.39 is 6.09 Å². The maximum Gasteiger partial charge on any atom is 0.407 e. The summed E-state index contributed by atoms with van der Waals surface area (Å²) in [6.07, 6.45) is 5.92. The van der Waals surface area contributed by atoms with Gasteiger partial charge in [0.2, 0.25) is 0 Å². The van der Waals surface area contributed by atoms with Gasteiger partial charge in [-0.1, -0.05) is 26.7 Å². The highest BCUT2D eigenvalue weighted by molar-refractivity contribution is 5.65. The number of carbonyl (C=O) groups is 1. The van der Waals surface area contributed by atoms with E-state index in [9.17, 15) is 4.79 Å². The minimum atomic E-state index is -0.842. The lowest BCUT2D eigenvalue weighted by Gasteiger charge is -2.43. The molecule has 0 aromatic carbocycles. The number of rotatable bonds is 6. The zero-order valence-electron chi connectivity index (χ0n) is 13.3. The van der Waals surface area contributed by atoms with E-state index in [1.54, 1.807) is 0 Å². The van der Waals surface area contributed by atoms with Gasteiger partial charge in [0.1, 0.15) is 6.61 Å². The molecule has 0 aromatic rings. The van der Waals surface area contributed by atoms with Gasteiger partial charge in [-0.15, -0.1) is 6.42 Å². The maximum absolute atomic E-state index is 11.1. The van der Waals surface area contributed by atoms with Crippen molar-refractivity contribution in [1.82, 2.24) is 4.90 Å². The average molecular weight is 297 g/mol. The van der Waals surface area contributed by atoms with Crippen LogP contribution in [0.1, 0.15) is 33.6 Å². The van der Waals surface area contributed by atoms with Gasteiger partial charge in [0.05, 0.1) is 12.7 Å². The molecule has 1 heterocycles. The highest BCUT2D eigenvalue weighted by atomic mass is 16.5. The number of carboxylic acid groups (broad SMARTS) is 1. The van der Waals surface area contributed by atoms with E-state index in [0.717, 1.165) is 12.8 Å². The van der Waals surface area contributed by atoms with Crippen LogP contribution < -0.4 is 0 Å². The molecule has 5 nitrogen and oxygen atoms in total. The lowest BCUT2D eigenvalue weighted by Crippen LogP contribution is -2.50. The molecule has 0 radical (unpaired) electrons. The molecule has 1 rings (SSSR count). The summed E-state index contributed by atoms with van der Waals surface area (Å²) < 4.78 is 11.2. The molecule has 0 bridgehead atoms. The van der Waals surface area contributed by atoms with Crippen LogP contribution in [0.2, 0.25) is 0 Å². The molecule has 2 atom stereocenters. The number of nitrogens with zero attached hydrogens (tertiary/aromatic N) is 1. The number of hydrogen-bond donors (Lipinski definition) is 1. The summed E-state index contributed by atoms with van der Waals surface area (Å²) in [7, 11) is 0. The first-order valence-corrected chi connectivity index (χ1v) is 7.47. The molecule has 120 valence electrons. The Morgan fingerprint density at radius 3 is 2.71 bits per heavy atom. The Morgan fingerprint density at radius 2 is 2.14 bits per heavy atom. The molecule has 21 heavy (non-hydrogen) atoms. The third kappa shape index (κ3) is 5.94. The number of hydrogen-bond acceptors (Lipinski definition) is 3. The Labute approximate surface area is 127 Å². The lowest BCUT2D eigenvalue weighted by molar-refractivity contribution is -0.0673. The van der Waals surface area contributed by atoms with E-state index in [1.807, 2.05) is 0 Å². The minimum Gasteiger partial charge on any atom is -0.465 e. The van der Waals surface area contributed by atoms with Crippen molar-refractivity contribution in [1.29, 1.82) is 0 Å². The number of ether oxygens (including phenoxy) is 2. The molecular weight excluding hydrogens is 270 g/mol. The monoisotopic (exact) mass is 297 g/mol. The second kappa shape index (κ2) is 8.26. The van der Waals surface area contributed by atoms with E-state index in [0.29, 0.717) is 32.9 Å². The molecule has 1 aliphatic heterocycles. The van der Waals surface area contributed by atoms with Crippen molar-refractivity contribution in [2.45, 2.75) is 39.7 Å². The molecular formula is C16H27NO4. The summed E-state index contributed by atoms with van der Waals surface area (Å²) in [5, 5.41) is 9.16. The number of piperidine rings is 1. The van der Waals surface area contributed by atoms with Crippen LogP contribution in [0.15, 0.2) is 0 Å². The summed E-state index contributed by atoms with van der Waals surface area (Å²) in [6, 6.07) is 0. The lowest BCUT2D eigenvalue weighted by atomic mass is 9.74. The summed E-state index contributed by atoms with van der Waals surface area (Å²) in [4.78, 5) is 12.6. The topological polar surface area (TPSA) is 59.0 Å². The molecule has 1 fully saturated rings. The van der Waals surface area contributed by atoms with Crippen LogP contribution in [0, 0.1) is 23.7 Å². The van der Waals surface area contributed by atoms with E-state index in [2.05, 4.69) is 26.7 Å². The van der Waals surface area contributed by atoms with Crippen molar-refractivity contribution in [2.24, 2.45) is 11.3 Å². The quantitative estimate of drug-likeness (QED) is 0.604. The number of amides is 1. The first-order chi connectivity index (χ1) is 9.86. The highest BCUT2D eigenvalue weighted by Gasteiger charge is 2.38. The first kappa shape index (κ1) is 17.8. The standard InChI is InChI=1S/C16H27NO4/c1-5-9-20-10-6-11-21-14-7-8-17(15(18)19)12-13(14)16(2,3)4/h1,13-14H,6-12H2,2-4H3,(H,18,19). The molecule has 1 saturated heterocycles. The van der Waals surface area contributed by atoms with Crippen LogP contribution in [0.25, 0.3) is 0 Å². The second-order valence-corrected chi connectivity index (χ2v) is 6.51. The zero-order valence-corrected chi connectivity index (χ0v) is 13.3. The van der Waals surface area contributed by atoms with Gasteiger partial charge in [0, 0.05) is 25.6 Å². The Morgan fingerprint density at radius 1 is 1.43 bits per heavy atom. The van der Waals surface area contributed by atoms with Crippen LogP contribution in [-0.4, -0.2) is 55.1 Å². The Hall–Kier alpha value is -1.25. The summed E-state index contributed by atoms with van der Waals surface area (Å²) in [6.45, 7) is 9.03. The Kier molecular flexibility index (Phi) is 7.00. The van der Waals surface area contributed by atoms with Crippen LogP contribution in [0.5, 0.6) is 0 Å². The molecule has 5 heteroatoms. The fourth-order valence-electron chi connectivity index (χ4n) is 2.66. The Bertz CT molecular complexity index is 369. The van der Waals surface area contributed by atoms with E-state index in [-0.39, 0.29) is 17.4 Å². The molecule has 0 aromatic heterocycles. The number of terminal acetylenes is 1. The van der Waals surface area contributed by atoms with Gasteiger partial charge in [0.25, 0.3) is 0 Å². The summed E-state index contributed by atoms with van der Waals surface area (Å²) >= 11 is 0. The molecule has 0 aliphatic carbocycles. The van der Waals surface area contributed by atoms with E-state index in [4.69, 9.17) is 21.0 Å². The smallest absolute Gasteiger partial charge is 0.407 e. The van der Waals surface area contributed by atoms with Gasteiger partial charge >= 0.3 is 6.09 Å². The van der Waals surface area contributed by atoms with Crippen LogP contribution >= 0.6 is 0 Å². The van der Waals surface area contributed by atoms with E-state index in [1.165, 1.54) is 4.90 Å². The predicted octanol–water partition coefficient (Wildman–Crippen LogP) is 2.46. The summed E-state index contributed by atoms with van der Waals surface area (Å²) in [5.74, 6) is 2.63. The molecule has 1 N–H and O–H groups in total. The van der Waals surface area contributed by atoms with Gasteiger partial charge < -0.3 is 19.5 Å². The van der Waals surface area contributed by atoms with Crippen LogP contribution in [-0.2, 0) is 9.47 Å². The molecule has 2 unspecified atom stereocenters. The van der Waals surface area contributed by atoms with Crippen molar-refractivity contribution in [3.05, 3.63) is 0 Å². The van der Waals surface area contributed by atoms with Crippen LogP contribution in [0.4, 0.5) is 4.79 Å². The SMILES string of the molecule is C#CCOCCCOC1CCN(C(=O)O)CC1C(C)(C)C. The number of likely N-dealkylation sites (tertiary alicyclic amines) is 1. The van der Waals surface area contributed by atoms with Crippen molar-refractivity contribution >= 4 is 6.09 Å². The van der Waals surface area contributed by atoms with E-state index >= 15 is 0 Å². The van der Waals surface area contributed by atoms with Gasteiger partial charge in [-0.3, -0.25) is 0 Å². The maximum atomic E-state index is 11.1. The molecule has 1 aliphatic rings. The molecule has 0 saturated carbocycles. The van der Waals surface area contributed by atoms with Crippen molar-refractivity contribution < 1.29 is 19.4 Å². The first-order valence-electron chi connectivity index (χ1n) is 7.47. The highest BCUT2D eigenvalue weighted by Crippen LogP contribution is 2.35. The molecule has 0 spiro atoms. The Balaban J connectivity index is 2.44. The zero-order chi connectivity index (χ0) is 15.9. The minimum absolute atomic E-state index is 0.0127. The van der Waals surface area contributed by atoms with Gasteiger partial charge in [-0.2, -0.15) is 0 Å². The predicted molar refractivity (Wildman–Crippen MR) is 81.2 cm³/mol. The normalized spacial score (nSPS) is 22.9. The van der Waals surface area contributed by atoms with Gasteiger partial charge in [-0.25, -0.2) is 4.79 Å². The fraction of sp³-hybridized carbons (Fsp3) is 0.812.